The number of amides is 1. The summed E-state index contributed by atoms with van der Waals surface area (Å²) in [5.74, 6) is -0.0894. The lowest BCUT2D eigenvalue weighted by Gasteiger charge is -2.15. The molecular weight excluding hydrogens is 397 g/mol. The monoisotopic (exact) mass is 419 g/mol. The van der Waals surface area contributed by atoms with E-state index in [0.29, 0.717) is 17.1 Å². The van der Waals surface area contributed by atoms with Crippen LogP contribution in [-0.2, 0) is 16.8 Å². The normalized spacial score (nSPS) is 15.2. The topological polar surface area (TPSA) is 101 Å². The van der Waals surface area contributed by atoms with E-state index in [1.54, 1.807) is 35.7 Å². The SMILES string of the molecule is CC(C)(F)Cn1ncc2cnc(-c3[nH]ncc3NC(=O)C3(c4cccnc4)CC3)cc21. The number of halogens is 1. The fourth-order valence-electron chi connectivity index (χ4n) is 3.83. The van der Waals surface area contributed by atoms with Crippen molar-refractivity contribution < 1.29 is 9.18 Å². The standard InChI is InChI=1S/C22H22FN7O/c1-21(2,23)13-30-18-8-16(25-9-14(18)10-27-30)19-17(12-26-29-19)28-20(31)22(5-6-22)15-4-3-7-24-11-15/h3-4,7-12H,5-6,13H2,1-2H3,(H,26,29)(H,28,31). The van der Waals surface area contributed by atoms with Gasteiger partial charge in [-0.3, -0.25) is 24.5 Å². The van der Waals surface area contributed by atoms with Gasteiger partial charge in [-0.05, 0) is 44.4 Å². The highest BCUT2D eigenvalue weighted by Crippen LogP contribution is 2.49. The lowest BCUT2D eigenvalue weighted by molar-refractivity contribution is -0.118. The van der Waals surface area contributed by atoms with Crippen LogP contribution in [0.1, 0.15) is 32.3 Å². The van der Waals surface area contributed by atoms with Gasteiger partial charge in [0.25, 0.3) is 0 Å². The third-order valence-corrected chi connectivity index (χ3v) is 5.59. The molecule has 0 aromatic carbocycles. The maximum absolute atomic E-state index is 14.2. The van der Waals surface area contributed by atoms with Crippen LogP contribution in [0.25, 0.3) is 22.3 Å². The van der Waals surface area contributed by atoms with Crippen molar-refractivity contribution in [1.29, 1.82) is 0 Å². The van der Waals surface area contributed by atoms with Gasteiger partial charge in [0, 0.05) is 24.0 Å². The third-order valence-electron chi connectivity index (χ3n) is 5.59. The number of carbonyl (C=O) groups excluding carboxylic acids is 1. The van der Waals surface area contributed by atoms with E-state index in [9.17, 15) is 9.18 Å². The number of alkyl halides is 1. The number of hydrogen-bond donors (Lipinski definition) is 2. The van der Waals surface area contributed by atoms with Gasteiger partial charge in [0.1, 0.15) is 11.4 Å². The molecule has 0 unspecified atom stereocenters. The molecule has 4 aromatic rings. The van der Waals surface area contributed by atoms with E-state index in [-0.39, 0.29) is 12.5 Å². The summed E-state index contributed by atoms with van der Waals surface area (Å²) in [4.78, 5) is 21.7. The van der Waals surface area contributed by atoms with Crippen molar-refractivity contribution in [1.82, 2.24) is 29.9 Å². The number of nitrogens with zero attached hydrogens (tertiary/aromatic N) is 5. The summed E-state index contributed by atoms with van der Waals surface area (Å²) in [6.45, 7) is 3.16. The molecule has 0 atom stereocenters. The van der Waals surface area contributed by atoms with Gasteiger partial charge in [-0.15, -0.1) is 0 Å². The van der Waals surface area contributed by atoms with Gasteiger partial charge in [0.15, 0.2) is 0 Å². The molecule has 158 valence electrons. The van der Waals surface area contributed by atoms with Crippen LogP contribution in [0.15, 0.2) is 49.2 Å². The minimum absolute atomic E-state index is 0.0894. The van der Waals surface area contributed by atoms with Crippen LogP contribution in [0.4, 0.5) is 10.1 Å². The zero-order chi connectivity index (χ0) is 21.6. The molecule has 31 heavy (non-hydrogen) atoms. The summed E-state index contributed by atoms with van der Waals surface area (Å²) in [6, 6.07) is 5.59. The first-order chi connectivity index (χ1) is 14.9. The number of H-pyrrole nitrogens is 1. The molecule has 1 aliphatic rings. The van der Waals surface area contributed by atoms with Crippen molar-refractivity contribution in [3.05, 3.63) is 54.7 Å². The number of aromatic nitrogens is 6. The number of aromatic amines is 1. The number of rotatable bonds is 6. The van der Waals surface area contributed by atoms with E-state index in [1.807, 2.05) is 18.2 Å². The molecule has 1 amide bonds. The Morgan fingerprint density at radius 1 is 1.29 bits per heavy atom. The molecule has 4 heterocycles. The van der Waals surface area contributed by atoms with Crippen LogP contribution in [-0.4, -0.2) is 41.5 Å². The second kappa shape index (κ2) is 6.97. The number of carbonyl (C=O) groups is 1. The van der Waals surface area contributed by atoms with Gasteiger partial charge in [-0.1, -0.05) is 6.07 Å². The van der Waals surface area contributed by atoms with Crippen LogP contribution in [0.3, 0.4) is 0 Å². The summed E-state index contributed by atoms with van der Waals surface area (Å²) in [7, 11) is 0. The van der Waals surface area contributed by atoms with Gasteiger partial charge in [-0.2, -0.15) is 10.2 Å². The minimum atomic E-state index is -1.40. The summed E-state index contributed by atoms with van der Waals surface area (Å²) < 4.78 is 15.8. The number of anilines is 1. The van der Waals surface area contributed by atoms with E-state index in [2.05, 4.69) is 30.6 Å². The number of hydrogen-bond acceptors (Lipinski definition) is 5. The van der Waals surface area contributed by atoms with Gasteiger partial charge >= 0.3 is 0 Å². The predicted octanol–water partition coefficient (Wildman–Crippen LogP) is 3.63. The van der Waals surface area contributed by atoms with E-state index >= 15 is 0 Å². The number of pyridine rings is 2. The van der Waals surface area contributed by atoms with Crippen LogP contribution in [0.5, 0.6) is 0 Å². The predicted molar refractivity (Wildman–Crippen MR) is 114 cm³/mol. The molecule has 1 fully saturated rings. The minimum Gasteiger partial charge on any atom is -0.322 e. The average molecular weight is 419 g/mol. The zero-order valence-corrected chi connectivity index (χ0v) is 17.3. The van der Waals surface area contributed by atoms with Gasteiger partial charge in [-0.25, -0.2) is 4.39 Å². The molecule has 0 bridgehead atoms. The summed E-state index contributed by atoms with van der Waals surface area (Å²) >= 11 is 0. The largest absolute Gasteiger partial charge is 0.322 e. The molecule has 2 N–H and O–H groups in total. The molecule has 1 aliphatic carbocycles. The van der Waals surface area contributed by atoms with Crippen molar-refractivity contribution in [2.75, 3.05) is 5.32 Å². The van der Waals surface area contributed by atoms with E-state index in [1.165, 1.54) is 13.8 Å². The molecule has 0 aliphatic heterocycles. The van der Waals surface area contributed by atoms with E-state index in [0.717, 1.165) is 29.3 Å². The molecule has 8 nitrogen and oxygen atoms in total. The van der Waals surface area contributed by atoms with Crippen LogP contribution in [0, 0.1) is 0 Å². The highest BCUT2D eigenvalue weighted by atomic mass is 19.1. The molecule has 9 heteroatoms. The molecule has 4 aromatic heterocycles. The fraction of sp³-hybridized carbons (Fsp3) is 0.318. The zero-order valence-electron chi connectivity index (χ0n) is 17.3. The molecule has 0 saturated heterocycles. The molecule has 0 spiro atoms. The van der Waals surface area contributed by atoms with Crippen LogP contribution >= 0.6 is 0 Å². The van der Waals surface area contributed by atoms with Gasteiger partial charge in [0.2, 0.25) is 5.91 Å². The Hall–Kier alpha value is -3.62. The summed E-state index contributed by atoms with van der Waals surface area (Å²) in [5, 5.41) is 15.1. The van der Waals surface area contributed by atoms with E-state index in [4.69, 9.17) is 0 Å². The van der Waals surface area contributed by atoms with Gasteiger partial charge in [0.05, 0.1) is 41.3 Å². The van der Waals surface area contributed by atoms with Crippen molar-refractivity contribution in [3.63, 3.8) is 0 Å². The molecular formula is C22H22FN7O. The fourth-order valence-corrected chi connectivity index (χ4v) is 3.83. The Morgan fingerprint density at radius 2 is 2.13 bits per heavy atom. The van der Waals surface area contributed by atoms with Crippen LogP contribution < -0.4 is 5.32 Å². The average Bonchev–Trinajstić information content (AvgIpc) is 3.30. The summed E-state index contributed by atoms with van der Waals surface area (Å²) in [6.07, 6.45) is 9.91. The van der Waals surface area contributed by atoms with Crippen molar-refractivity contribution >= 4 is 22.5 Å². The first-order valence-electron chi connectivity index (χ1n) is 10.1. The molecule has 5 rings (SSSR count). The Morgan fingerprint density at radius 3 is 2.84 bits per heavy atom. The quantitative estimate of drug-likeness (QED) is 0.497. The second-order valence-corrected chi connectivity index (χ2v) is 8.59. The third kappa shape index (κ3) is 3.56. The van der Waals surface area contributed by atoms with Crippen molar-refractivity contribution in [3.8, 4) is 11.4 Å². The number of nitrogens with one attached hydrogen (secondary N) is 2. The Balaban J connectivity index is 1.45. The van der Waals surface area contributed by atoms with Crippen molar-refractivity contribution in [2.45, 2.75) is 44.3 Å². The lowest BCUT2D eigenvalue weighted by atomic mass is 9.96. The van der Waals surface area contributed by atoms with E-state index < -0.39 is 11.1 Å². The molecule has 0 radical (unpaired) electrons. The first-order valence-corrected chi connectivity index (χ1v) is 10.1. The Kier molecular flexibility index (Phi) is 4.35. The smallest absolute Gasteiger partial charge is 0.235 e. The first kappa shape index (κ1) is 19.3. The van der Waals surface area contributed by atoms with Gasteiger partial charge < -0.3 is 5.32 Å². The Bertz CT molecular complexity index is 1250. The Labute approximate surface area is 177 Å². The lowest BCUT2D eigenvalue weighted by Crippen LogP contribution is -2.28. The van der Waals surface area contributed by atoms with Crippen LogP contribution in [0.2, 0.25) is 0 Å². The second-order valence-electron chi connectivity index (χ2n) is 8.59. The highest BCUT2D eigenvalue weighted by molar-refractivity contribution is 6.03. The maximum atomic E-state index is 14.2. The maximum Gasteiger partial charge on any atom is 0.235 e. The number of fused-ring (bicyclic) bond motifs is 1. The highest BCUT2D eigenvalue weighted by Gasteiger charge is 2.51. The van der Waals surface area contributed by atoms with Crippen molar-refractivity contribution in [2.24, 2.45) is 0 Å². The molecule has 1 saturated carbocycles. The summed E-state index contributed by atoms with van der Waals surface area (Å²) in [5.41, 5.74) is 1.44.